The Hall–Kier alpha value is -0.870. The molecular formula is C13H21NO2S. The second-order valence-corrected chi connectivity index (χ2v) is 7.51. The van der Waals surface area contributed by atoms with E-state index in [1.807, 2.05) is 24.3 Å². The van der Waals surface area contributed by atoms with E-state index in [4.69, 9.17) is 5.73 Å². The van der Waals surface area contributed by atoms with Crippen molar-refractivity contribution < 1.29 is 8.42 Å². The molecule has 0 aromatic heterocycles. The smallest absolute Gasteiger partial charge is 0.155 e. The fourth-order valence-electron chi connectivity index (χ4n) is 1.61. The van der Waals surface area contributed by atoms with Gasteiger partial charge in [-0.25, -0.2) is 8.42 Å². The highest BCUT2D eigenvalue weighted by Crippen LogP contribution is 2.22. The topological polar surface area (TPSA) is 60.2 Å². The highest BCUT2D eigenvalue weighted by atomic mass is 32.2. The van der Waals surface area contributed by atoms with Gasteiger partial charge >= 0.3 is 0 Å². The van der Waals surface area contributed by atoms with Gasteiger partial charge in [0, 0.05) is 6.54 Å². The Morgan fingerprint density at radius 3 is 2.06 bits per heavy atom. The third kappa shape index (κ3) is 4.48. The first kappa shape index (κ1) is 14.2. The first-order valence-electron chi connectivity index (χ1n) is 5.74. The third-order valence-corrected chi connectivity index (χ3v) is 4.27. The zero-order valence-corrected chi connectivity index (χ0v) is 11.5. The van der Waals surface area contributed by atoms with E-state index in [9.17, 15) is 8.42 Å². The monoisotopic (exact) mass is 255 g/mol. The number of hydrogen-bond acceptors (Lipinski definition) is 3. The molecule has 0 saturated heterocycles. The van der Waals surface area contributed by atoms with Crippen molar-refractivity contribution in [2.75, 3.05) is 12.3 Å². The summed E-state index contributed by atoms with van der Waals surface area (Å²) in [7, 11) is -3.06. The molecule has 0 atom stereocenters. The van der Waals surface area contributed by atoms with Crippen molar-refractivity contribution >= 4 is 9.84 Å². The highest BCUT2D eigenvalue weighted by molar-refractivity contribution is 7.90. The van der Waals surface area contributed by atoms with Crippen LogP contribution in [0, 0.1) is 0 Å². The number of hydrogen-bond donors (Lipinski definition) is 1. The normalized spacial score (nSPS) is 12.7. The molecule has 17 heavy (non-hydrogen) atoms. The van der Waals surface area contributed by atoms with Crippen molar-refractivity contribution in [2.45, 2.75) is 31.9 Å². The summed E-state index contributed by atoms with van der Waals surface area (Å²) in [6, 6.07) is 7.75. The summed E-state index contributed by atoms with van der Waals surface area (Å²) in [5.41, 5.74) is 7.39. The van der Waals surface area contributed by atoms with E-state index >= 15 is 0 Å². The fourth-order valence-corrected chi connectivity index (χ4v) is 2.81. The summed E-state index contributed by atoms with van der Waals surface area (Å²) in [6.45, 7) is 6.58. The molecule has 0 aliphatic heterocycles. The van der Waals surface area contributed by atoms with E-state index in [2.05, 4.69) is 20.8 Å². The van der Waals surface area contributed by atoms with Crippen LogP contribution in [0.3, 0.4) is 0 Å². The molecule has 4 heteroatoms. The Bertz CT molecular complexity index is 455. The predicted octanol–water partition coefficient (Wildman–Crippen LogP) is 1.86. The van der Waals surface area contributed by atoms with E-state index in [0.717, 1.165) is 5.56 Å². The van der Waals surface area contributed by atoms with Gasteiger partial charge in [0.25, 0.3) is 0 Å². The summed E-state index contributed by atoms with van der Waals surface area (Å²) < 4.78 is 23.2. The van der Waals surface area contributed by atoms with Gasteiger partial charge in [-0.2, -0.15) is 0 Å². The molecule has 0 spiro atoms. The van der Waals surface area contributed by atoms with E-state index in [-0.39, 0.29) is 23.5 Å². The largest absolute Gasteiger partial charge is 0.329 e. The molecule has 2 N–H and O–H groups in total. The second-order valence-electron chi connectivity index (χ2n) is 5.33. The average molecular weight is 255 g/mol. The molecule has 1 aromatic carbocycles. The SMILES string of the molecule is CC(C)(C)c1ccc(CS(=O)(=O)CCN)cc1. The molecule has 96 valence electrons. The molecule has 1 aromatic rings. The van der Waals surface area contributed by atoms with Crippen LogP contribution >= 0.6 is 0 Å². The lowest BCUT2D eigenvalue weighted by atomic mass is 9.87. The Kier molecular flexibility index (Phi) is 4.33. The van der Waals surface area contributed by atoms with Crippen molar-refractivity contribution in [1.82, 2.24) is 0 Å². The second kappa shape index (κ2) is 5.19. The van der Waals surface area contributed by atoms with Crippen LogP contribution in [0.15, 0.2) is 24.3 Å². The Morgan fingerprint density at radius 1 is 1.12 bits per heavy atom. The minimum absolute atomic E-state index is 0.0496. The lowest BCUT2D eigenvalue weighted by Gasteiger charge is -2.19. The quantitative estimate of drug-likeness (QED) is 0.893. The fraction of sp³-hybridized carbons (Fsp3) is 0.538. The standard InChI is InChI=1S/C13H21NO2S/c1-13(2,3)12-6-4-11(5-7-12)10-17(15,16)9-8-14/h4-7H,8-10,14H2,1-3H3. The van der Waals surface area contributed by atoms with E-state index in [1.54, 1.807) is 0 Å². The van der Waals surface area contributed by atoms with Crippen molar-refractivity contribution in [3.63, 3.8) is 0 Å². The number of nitrogens with two attached hydrogens (primary N) is 1. The average Bonchev–Trinajstić information content (AvgIpc) is 2.16. The Balaban J connectivity index is 2.83. The van der Waals surface area contributed by atoms with Crippen LogP contribution in [0.25, 0.3) is 0 Å². The first-order valence-corrected chi connectivity index (χ1v) is 7.57. The summed E-state index contributed by atoms with van der Waals surface area (Å²) in [6.07, 6.45) is 0. The minimum atomic E-state index is -3.06. The molecule has 0 heterocycles. The van der Waals surface area contributed by atoms with Gasteiger partial charge in [0.15, 0.2) is 9.84 Å². The maximum atomic E-state index is 11.6. The highest BCUT2D eigenvalue weighted by Gasteiger charge is 2.14. The van der Waals surface area contributed by atoms with Crippen molar-refractivity contribution in [3.8, 4) is 0 Å². The zero-order valence-electron chi connectivity index (χ0n) is 10.7. The lowest BCUT2D eigenvalue weighted by Crippen LogP contribution is -2.17. The molecule has 1 rings (SSSR count). The zero-order chi connectivity index (χ0) is 13.1. The molecule has 0 aliphatic rings. The summed E-state index contributed by atoms with van der Waals surface area (Å²) >= 11 is 0. The molecule has 0 aliphatic carbocycles. The number of benzene rings is 1. The predicted molar refractivity (Wildman–Crippen MR) is 71.7 cm³/mol. The van der Waals surface area contributed by atoms with E-state index in [0.29, 0.717) is 0 Å². The Labute approximate surface area is 104 Å². The molecule has 0 fully saturated rings. The van der Waals surface area contributed by atoms with E-state index in [1.165, 1.54) is 5.56 Å². The van der Waals surface area contributed by atoms with E-state index < -0.39 is 9.84 Å². The van der Waals surface area contributed by atoms with Crippen LogP contribution in [0.4, 0.5) is 0 Å². The van der Waals surface area contributed by atoms with Crippen LogP contribution in [-0.2, 0) is 21.0 Å². The Morgan fingerprint density at radius 2 is 1.65 bits per heavy atom. The first-order chi connectivity index (χ1) is 7.74. The van der Waals surface area contributed by atoms with Gasteiger partial charge in [0.05, 0.1) is 11.5 Å². The van der Waals surface area contributed by atoms with Crippen LogP contribution in [0.1, 0.15) is 31.9 Å². The number of rotatable bonds is 4. The van der Waals surface area contributed by atoms with Crippen LogP contribution in [0.5, 0.6) is 0 Å². The molecule has 0 unspecified atom stereocenters. The molecular weight excluding hydrogens is 234 g/mol. The van der Waals surface area contributed by atoms with Gasteiger partial charge in [-0.15, -0.1) is 0 Å². The summed E-state index contributed by atoms with van der Waals surface area (Å²) in [5, 5.41) is 0. The van der Waals surface area contributed by atoms with Crippen molar-refractivity contribution in [2.24, 2.45) is 5.73 Å². The molecule has 3 nitrogen and oxygen atoms in total. The van der Waals surface area contributed by atoms with Crippen LogP contribution in [0.2, 0.25) is 0 Å². The molecule has 0 bridgehead atoms. The maximum Gasteiger partial charge on any atom is 0.155 e. The molecule has 0 amide bonds. The molecule has 0 saturated carbocycles. The van der Waals surface area contributed by atoms with Gasteiger partial charge < -0.3 is 5.73 Å². The summed E-state index contributed by atoms with van der Waals surface area (Å²) in [4.78, 5) is 0. The van der Waals surface area contributed by atoms with Gasteiger partial charge in [0.1, 0.15) is 0 Å². The minimum Gasteiger partial charge on any atom is -0.329 e. The maximum absolute atomic E-state index is 11.6. The van der Waals surface area contributed by atoms with Gasteiger partial charge in [-0.05, 0) is 16.5 Å². The number of sulfone groups is 1. The van der Waals surface area contributed by atoms with Gasteiger partial charge in [-0.1, -0.05) is 45.0 Å². The van der Waals surface area contributed by atoms with Gasteiger partial charge in [-0.3, -0.25) is 0 Å². The van der Waals surface area contributed by atoms with Crippen molar-refractivity contribution in [3.05, 3.63) is 35.4 Å². The summed E-state index contributed by atoms with van der Waals surface area (Å²) in [5.74, 6) is 0.128. The third-order valence-electron chi connectivity index (χ3n) is 2.64. The lowest BCUT2D eigenvalue weighted by molar-refractivity contribution is 0.589. The van der Waals surface area contributed by atoms with Gasteiger partial charge in [0.2, 0.25) is 0 Å². The van der Waals surface area contributed by atoms with Crippen LogP contribution in [-0.4, -0.2) is 20.7 Å². The van der Waals surface area contributed by atoms with Crippen LogP contribution < -0.4 is 5.73 Å². The molecule has 0 radical (unpaired) electrons. The van der Waals surface area contributed by atoms with Crippen molar-refractivity contribution in [1.29, 1.82) is 0 Å².